The standard InChI is InChI=1S/C8H14F3N5/c1-15(6-8(9,10)11)2-3-16-5-7(4-12)13-14-16/h5H,2-4,6,12H2,1H3. The number of nitrogens with two attached hydrogens (primary N) is 1. The number of hydrogen-bond donors (Lipinski definition) is 1. The fourth-order valence-corrected chi connectivity index (χ4v) is 1.20. The van der Waals surface area contributed by atoms with E-state index >= 15 is 0 Å². The predicted molar refractivity (Wildman–Crippen MR) is 51.5 cm³/mol. The summed E-state index contributed by atoms with van der Waals surface area (Å²) in [4.78, 5) is 1.18. The second-order valence-electron chi connectivity index (χ2n) is 3.53. The molecule has 1 heterocycles. The van der Waals surface area contributed by atoms with Crippen molar-refractivity contribution in [2.75, 3.05) is 20.1 Å². The average molecular weight is 237 g/mol. The van der Waals surface area contributed by atoms with Gasteiger partial charge in [-0.05, 0) is 7.05 Å². The molecule has 5 nitrogen and oxygen atoms in total. The first kappa shape index (κ1) is 12.9. The fourth-order valence-electron chi connectivity index (χ4n) is 1.20. The SMILES string of the molecule is CN(CCn1cc(CN)nn1)CC(F)(F)F. The van der Waals surface area contributed by atoms with Crippen LogP contribution in [0.25, 0.3) is 0 Å². The highest BCUT2D eigenvalue weighted by Gasteiger charge is 2.28. The van der Waals surface area contributed by atoms with Gasteiger partial charge in [-0.1, -0.05) is 5.21 Å². The van der Waals surface area contributed by atoms with E-state index in [4.69, 9.17) is 5.73 Å². The van der Waals surface area contributed by atoms with Gasteiger partial charge in [-0.15, -0.1) is 5.10 Å². The maximum atomic E-state index is 12.0. The molecule has 0 aromatic carbocycles. The molecule has 0 aliphatic carbocycles. The van der Waals surface area contributed by atoms with Crippen LogP contribution in [0.15, 0.2) is 6.20 Å². The Hall–Kier alpha value is -1.15. The summed E-state index contributed by atoms with van der Waals surface area (Å²) >= 11 is 0. The molecule has 0 amide bonds. The minimum Gasteiger partial charge on any atom is -0.325 e. The molecule has 1 rings (SSSR count). The minimum absolute atomic E-state index is 0.257. The van der Waals surface area contributed by atoms with Gasteiger partial charge in [0.2, 0.25) is 0 Å². The molecule has 0 bridgehead atoms. The van der Waals surface area contributed by atoms with E-state index in [9.17, 15) is 13.2 Å². The smallest absolute Gasteiger partial charge is 0.325 e. The quantitative estimate of drug-likeness (QED) is 0.796. The van der Waals surface area contributed by atoms with Gasteiger partial charge in [0.05, 0.1) is 18.8 Å². The number of rotatable bonds is 5. The normalized spacial score (nSPS) is 12.4. The van der Waals surface area contributed by atoms with E-state index in [1.54, 1.807) is 6.20 Å². The van der Waals surface area contributed by atoms with Crippen molar-refractivity contribution in [1.82, 2.24) is 19.9 Å². The summed E-state index contributed by atoms with van der Waals surface area (Å²) in [6.07, 6.45) is -2.54. The highest BCUT2D eigenvalue weighted by molar-refractivity contribution is 4.90. The van der Waals surface area contributed by atoms with Crippen LogP contribution in [0.5, 0.6) is 0 Å². The zero-order chi connectivity index (χ0) is 12.2. The van der Waals surface area contributed by atoms with Gasteiger partial charge < -0.3 is 5.73 Å². The first-order valence-electron chi connectivity index (χ1n) is 4.75. The molecule has 0 aliphatic heterocycles. The van der Waals surface area contributed by atoms with Crippen LogP contribution in [0.4, 0.5) is 13.2 Å². The summed E-state index contributed by atoms with van der Waals surface area (Å²) in [5, 5.41) is 7.47. The monoisotopic (exact) mass is 237 g/mol. The summed E-state index contributed by atoms with van der Waals surface area (Å²) < 4.78 is 37.5. The lowest BCUT2D eigenvalue weighted by Gasteiger charge is -2.17. The fraction of sp³-hybridized carbons (Fsp3) is 0.750. The van der Waals surface area contributed by atoms with Crippen molar-refractivity contribution < 1.29 is 13.2 Å². The first-order chi connectivity index (χ1) is 7.40. The molecule has 0 aliphatic rings. The number of alkyl halides is 3. The van der Waals surface area contributed by atoms with E-state index < -0.39 is 12.7 Å². The Morgan fingerprint density at radius 1 is 1.50 bits per heavy atom. The molecule has 8 heteroatoms. The molecule has 0 unspecified atom stereocenters. The van der Waals surface area contributed by atoms with Crippen molar-refractivity contribution in [1.29, 1.82) is 0 Å². The number of nitrogens with zero attached hydrogens (tertiary/aromatic N) is 4. The lowest BCUT2D eigenvalue weighted by atomic mass is 10.4. The third kappa shape index (κ3) is 4.58. The van der Waals surface area contributed by atoms with Crippen LogP contribution in [0.1, 0.15) is 5.69 Å². The Kier molecular flexibility index (Phi) is 4.25. The highest BCUT2D eigenvalue weighted by atomic mass is 19.4. The Labute approximate surface area is 91.0 Å². The van der Waals surface area contributed by atoms with Crippen molar-refractivity contribution in [3.05, 3.63) is 11.9 Å². The summed E-state index contributed by atoms with van der Waals surface area (Å²) in [5.74, 6) is 0. The van der Waals surface area contributed by atoms with Gasteiger partial charge in [0.15, 0.2) is 0 Å². The highest BCUT2D eigenvalue weighted by Crippen LogP contribution is 2.15. The van der Waals surface area contributed by atoms with E-state index in [1.807, 2.05) is 0 Å². The zero-order valence-corrected chi connectivity index (χ0v) is 8.91. The van der Waals surface area contributed by atoms with Crippen LogP contribution in [-0.2, 0) is 13.1 Å². The van der Waals surface area contributed by atoms with Crippen molar-refractivity contribution in [3.63, 3.8) is 0 Å². The van der Waals surface area contributed by atoms with Crippen molar-refractivity contribution in [3.8, 4) is 0 Å². The van der Waals surface area contributed by atoms with E-state index in [1.165, 1.54) is 16.6 Å². The van der Waals surface area contributed by atoms with E-state index in [0.29, 0.717) is 12.2 Å². The number of halogens is 3. The van der Waals surface area contributed by atoms with Crippen LogP contribution in [0, 0.1) is 0 Å². The van der Waals surface area contributed by atoms with Crippen molar-refractivity contribution >= 4 is 0 Å². The van der Waals surface area contributed by atoms with E-state index in [0.717, 1.165) is 0 Å². The van der Waals surface area contributed by atoms with Gasteiger partial charge in [-0.2, -0.15) is 13.2 Å². The average Bonchev–Trinajstić information content (AvgIpc) is 2.59. The third-order valence-electron chi connectivity index (χ3n) is 1.96. The van der Waals surface area contributed by atoms with Crippen molar-refractivity contribution in [2.45, 2.75) is 19.3 Å². The molecule has 0 saturated carbocycles. The van der Waals surface area contributed by atoms with Gasteiger partial charge in [0, 0.05) is 19.3 Å². The second-order valence-corrected chi connectivity index (χ2v) is 3.53. The van der Waals surface area contributed by atoms with Gasteiger partial charge in [-0.25, -0.2) is 0 Å². The third-order valence-corrected chi connectivity index (χ3v) is 1.96. The Balaban J connectivity index is 2.34. The number of aromatic nitrogens is 3. The van der Waals surface area contributed by atoms with E-state index in [2.05, 4.69) is 10.3 Å². The summed E-state index contributed by atoms with van der Waals surface area (Å²) in [6, 6.07) is 0. The van der Waals surface area contributed by atoms with Gasteiger partial charge in [0.25, 0.3) is 0 Å². The molecule has 16 heavy (non-hydrogen) atoms. The van der Waals surface area contributed by atoms with Crippen LogP contribution >= 0.6 is 0 Å². The Bertz CT molecular complexity index is 322. The second kappa shape index (κ2) is 5.26. The number of likely N-dealkylation sites (N-methyl/N-ethyl adjacent to an activating group) is 1. The molecule has 0 radical (unpaired) electrons. The molecule has 92 valence electrons. The van der Waals surface area contributed by atoms with Crippen LogP contribution in [0.3, 0.4) is 0 Å². The Morgan fingerprint density at radius 3 is 2.69 bits per heavy atom. The molecule has 0 spiro atoms. The molecule has 0 saturated heterocycles. The van der Waals surface area contributed by atoms with Gasteiger partial charge in [-0.3, -0.25) is 9.58 Å². The Morgan fingerprint density at radius 2 is 2.19 bits per heavy atom. The maximum Gasteiger partial charge on any atom is 0.401 e. The van der Waals surface area contributed by atoms with E-state index in [-0.39, 0.29) is 13.1 Å². The molecule has 1 aromatic rings. The lowest BCUT2D eigenvalue weighted by Crippen LogP contribution is -2.33. The lowest BCUT2D eigenvalue weighted by molar-refractivity contribution is -0.143. The zero-order valence-electron chi connectivity index (χ0n) is 8.91. The van der Waals surface area contributed by atoms with Crippen LogP contribution in [-0.4, -0.2) is 46.2 Å². The van der Waals surface area contributed by atoms with Gasteiger partial charge >= 0.3 is 6.18 Å². The minimum atomic E-state index is -4.17. The van der Waals surface area contributed by atoms with Crippen LogP contribution < -0.4 is 5.73 Å². The summed E-state index contributed by atoms with van der Waals surface area (Å²) in [7, 11) is 1.41. The summed E-state index contributed by atoms with van der Waals surface area (Å²) in [5.41, 5.74) is 5.95. The summed E-state index contributed by atoms with van der Waals surface area (Å²) in [6.45, 7) is -0.0315. The molecular formula is C8H14F3N5. The molecule has 0 fully saturated rings. The molecular weight excluding hydrogens is 223 g/mol. The topological polar surface area (TPSA) is 60.0 Å². The maximum absolute atomic E-state index is 12.0. The van der Waals surface area contributed by atoms with Gasteiger partial charge in [0.1, 0.15) is 0 Å². The largest absolute Gasteiger partial charge is 0.401 e. The number of hydrogen-bond acceptors (Lipinski definition) is 4. The van der Waals surface area contributed by atoms with Crippen molar-refractivity contribution in [2.24, 2.45) is 5.73 Å². The molecule has 1 aromatic heterocycles. The predicted octanol–water partition coefficient (Wildman–Crippen LogP) is 0.231. The molecule has 2 N–H and O–H groups in total. The first-order valence-corrected chi connectivity index (χ1v) is 4.75. The van der Waals surface area contributed by atoms with Crippen LogP contribution in [0.2, 0.25) is 0 Å². The molecule has 0 atom stereocenters.